The zero-order valence-electron chi connectivity index (χ0n) is 13.7. The first-order valence-electron chi connectivity index (χ1n) is 8.35. The Balaban J connectivity index is 3.94. The van der Waals surface area contributed by atoms with Crippen molar-refractivity contribution in [2.75, 3.05) is 13.2 Å². The molecule has 122 valence electrons. The van der Waals surface area contributed by atoms with Gasteiger partial charge in [-0.05, 0) is 19.3 Å². The van der Waals surface area contributed by atoms with Gasteiger partial charge in [0.2, 0.25) is 0 Å². The molecule has 1 N–H and O–H groups in total. The molecule has 0 aliphatic rings. The van der Waals surface area contributed by atoms with Crippen molar-refractivity contribution in [2.24, 2.45) is 0 Å². The van der Waals surface area contributed by atoms with Crippen molar-refractivity contribution in [3.63, 3.8) is 0 Å². The zero-order valence-corrected chi connectivity index (χ0v) is 13.7. The van der Waals surface area contributed by atoms with E-state index >= 15 is 0 Å². The van der Waals surface area contributed by atoms with E-state index in [1.165, 1.54) is 32.1 Å². The molecule has 20 heavy (non-hydrogen) atoms. The van der Waals surface area contributed by atoms with E-state index in [9.17, 15) is 0 Å². The van der Waals surface area contributed by atoms with Crippen LogP contribution in [0.25, 0.3) is 0 Å². The van der Waals surface area contributed by atoms with Gasteiger partial charge >= 0.3 is 5.97 Å². The van der Waals surface area contributed by atoms with Crippen LogP contribution in [0.1, 0.15) is 85.0 Å². The van der Waals surface area contributed by atoms with Crippen LogP contribution in [0.4, 0.5) is 0 Å². The van der Waals surface area contributed by atoms with Gasteiger partial charge in [0.15, 0.2) is 0 Å². The molecule has 0 bridgehead atoms. The summed E-state index contributed by atoms with van der Waals surface area (Å²) in [5, 5.41) is 9.15. The van der Waals surface area contributed by atoms with E-state index in [0.717, 1.165) is 25.7 Å². The molecule has 4 nitrogen and oxygen atoms in total. The van der Waals surface area contributed by atoms with Crippen LogP contribution >= 0.6 is 0 Å². The summed E-state index contributed by atoms with van der Waals surface area (Å²) >= 11 is 0. The quantitative estimate of drug-likeness (QED) is 0.197. The predicted molar refractivity (Wildman–Crippen MR) is 81.5 cm³/mol. The number of hydrogen-bond acceptors (Lipinski definition) is 4. The molecule has 0 aromatic carbocycles. The lowest BCUT2D eigenvalue weighted by Crippen LogP contribution is -2.39. The SMILES string of the molecule is CCCCCCCCCC(OO)(OCCC)OCCC. The van der Waals surface area contributed by atoms with E-state index in [4.69, 9.17) is 14.7 Å². The van der Waals surface area contributed by atoms with Crippen molar-refractivity contribution in [3.05, 3.63) is 0 Å². The molecule has 0 heterocycles. The highest BCUT2D eigenvalue weighted by Crippen LogP contribution is 2.23. The third-order valence-corrected chi connectivity index (χ3v) is 3.28. The lowest BCUT2D eigenvalue weighted by Gasteiger charge is -2.30. The first-order valence-corrected chi connectivity index (χ1v) is 8.35. The number of rotatable bonds is 15. The maximum atomic E-state index is 9.15. The Bertz CT molecular complexity index is 189. The maximum absolute atomic E-state index is 9.15. The molecule has 0 saturated carbocycles. The van der Waals surface area contributed by atoms with E-state index < -0.39 is 5.97 Å². The average Bonchev–Trinajstić information content (AvgIpc) is 2.48. The summed E-state index contributed by atoms with van der Waals surface area (Å²) in [5.41, 5.74) is 0. The fourth-order valence-electron chi connectivity index (χ4n) is 2.10. The van der Waals surface area contributed by atoms with Gasteiger partial charge in [-0.2, -0.15) is 4.89 Å². The first-order chi connectivity index (χ1) is 9.74. The summed E-state index contributed by atoms with van der Waals surface area (Å²) < 4.78 is 11.2. The van der Waals surface area contributed by atoms with E-state index in [1.54, 1.807) is 0 Å². The van der Waals surface area contributed by atoms with Gasteiger partial charge in [-0.15, -0.1) is 0 Å². The smallest absolute Gasteiger partial charge is 0.311 e. The lowest BCUT2D eigenvalue weighted by atomic mass is 10.1. The summed E-state index contributed by atoms with van der Waals surface area (Å²) in [6.45, 7) is 7.33. The summed E-state index contributed by atoms with van der Waals surface area (Å²) in [6.07, 6.45) is 10.8. The molecule has 0 aliphatic heterocycles. The van der Waals surface area contributed by atoms with Gasteiger partial charge in [0.25, 0.3) is 0 Å². The molecule has 0 atom stereocenters. The third-order valence-electron chi connectivity index (χ3n) is 3.28. The largest absolute Gasteiger partial charge is 0.326 e. The van der Waals surface area contributed by atoms with Crippen LogP contribution in [-0.4, -0.2) is 24.4 Å². The Morgan fingerprint density at radius 2 is 1.20 bits per heavy atom. The van der Waals surface area contributed by atoms with E-state index in [1.807, 2.05) is 13.8 Å². The van der Waals surface area contributed by atoms with Gasteiger partial charge in [-0.25, -0.2) is 5.26 Å². The second-order valence-corrected chi connectivity index (χ2v) is 5.34. The van der Waals surface area contributed by atoms with Crippen molar-refractivity contribution in [2.45, 2.75) is 91.0 Å². The third kappa shape index (κ3) is 9.70. The average molecular weight is 290 g/mol. The van der Waals surface area contributed by atoms with Crippen molar-refractivity contribution < 1.29 is 19.6 Å². The van der Waals surface area contributed by atoms with Gasteiger partial charge in [0.05, 0.1) is 13.2 Å². The van der Waals surface area contributed by atoms with Crippen LogP contribution in [-0.2, 0) is 14.4 Å². The van der Waals surface area contributed by atoms with Crippen LogP contribution in [0.2, 0.25) is 0 Å². The Kier molecular flexibility index (Phi) is 13.7. The molecule has 0 aliphatic carbocycles. The number of unbranched alkanes of at least 4 members (excludes halogenated alkanes) is 6. The highest BCUT2D eigenvalue weighted by atomic mass is 17.2. The standard InChI is InChI=1S/C16H34O4/c1-4-7-8-9-10-11-12-13-16(20-17,18-14-5-2)19-15-6-3/h17H,4-15H2,1-3H3. The highest BCUT2D eigenvalue weighted by molar-refractivity contribution is 4.58. The minimum atomic E-state index is -1.25. The second kappa shape index (κ2) is 13.8. The van der Waals surface area contributed by atoms with Crippen molar-refractivity contribution in [1.29, 1.82) is 0 Å². The Hall–Kier alpha value is -0.160. The molecule has 0 amide bonds. The van der Waals surface area contributed by atoms with Gasteiger partial charge < -0.3 is 9.47 Å². The maximum Gasteiger partial charge on any atom is 0.311 e. The Labute approximate surface area is 124 Å². The molecule has 0 saturated heterocycles. The fourth-order valence-corrected chi connectivity index (χ4v) is 2.10. The van der Waals surface area contributed by atoms with Crippen LogP contribution in [0.5, 0.6) is 0 Å². The van der Waals surface area contributed by atoms with Crippen molar-refractivity contribution in [3.8, 4) is 0 Å². The lowest BCUT2D eigenvalue weighted by molar-refractivity contribution is -0.493. The molecule has 0 radical (unpaired) electrons. The van der Waals surface area contributed by atoms with E-state index in [0.29, 0.717) is 19.6 Å². The molecular formula is C16H34O4. The van der Waals surface area contributed by atoms with Crippen LogP contribution in [0.3, 0.4) is 0 Å². The molecule has 0 unspecified atom stereocenters. The topological polar surface area (TPSA) is 47.9 Å². The Morgan fingerprint density at radius 3 is 1.65 bits per heavy atom. The summed E-state index contributed by atoms with van der Waals surface area (Å²) in [7, 11) is 0. The molecular weight excluding hydrogens is 256 g/mol. The molecule has 0 spiro atoms. The minimum absolute atomic E-state index is 0.529. The van der Waals surface area contributed by atoms with Crippen LogP contribution in [0.15, 0.2) is 0 Å². The zero-order chi connectivity index (χ0) is 15.1. The molecule has 4 heteroatoms. The molecule has 0 aromatic rings. The van der Waals surface area contributed by atoms with Gasteiger partial charge in [0.1, 0.15) is 0 Å². The van der Waals surface area contributed by atoms with Crippen molar-refractivity contribution in [1.82, 2.24) is 0 Å². The number of ether oxygens (including phenoxy) is 2. The second-order valence-electron chi connectivity index (χ2n) is 5.34. The normalized spacial score (nSPS) is 12.0. The van der Waals surface area contributed by atoms with Crippen molar-refractivity contribution >= 4 is 0 Å². The predicted octanol–water partition coefficient (Wildman–Crippen LogP) is 5.12. The fraction of sp³-hybridized carbons (Fsp3) is 1.00. The monoisotopic (exact) mass is 290 g/mol. The number of hydrogen-bond donors (Lipinski definition) is 1. The summed E-state index contributed by atoms with van der Waals surface area (Å²) in [5.74, 6) is -1.25. The van der Waals surface area contributed by atoms with E-state index in [2.05, 4.69) is 11.8 Å². The van der Waals surface area contributed by atoms with Crippen LogP contribution < -0.4 is 0 Å². The summed E-state index contributed by atoms with van der Waals surface area (Å²) in [6, 6.07) is 0. The van der Waals surface area contributed by atoms with Gasteiger partial charge in [-0.3, -0.25) is 0 Å². The van der Waals surface area contributed by atoms with E-state index in [-0.39, 0.29) is 0 Å². The molecule has 0 aromatic heterocycles. The summed E-state index contributed by atoms with van der Waals surface area (Å²) in [4.78, 5) is 4.54. The molecule has 0 fully saturated rings. The minimum Gasteiger partial charge on any atom is -0.326 e. The highest BCUT2D eigenvalue weighted by Gasteiger charge is 2.33. The van der Waals surface area contributed by atoms with Gasteiger partial charge in [0, 0.05) is 6.42 Å². The first kappa shape index (κ1) is 19.8. The molecule has 0 rings (SSSR count). The Morgan fingerprint density at radius 1 is 0.700 bits per heavy atom. The van der Waals surface area contributed by atoms with Gasteiger partial charge in [-0.1, -0.05) is 59.3 Å². The van der Waals surface area contributed by atoms with Crippen LogP contribution in [0, 0.1) is 0 Å².